The van der Waals surface area contributed by atoms with Gasteiger partial charge in [0.1, 0.15) is 17.8 Å². The first-order chi connectivity index (χ1) is 16.2. The fourth-order valence-electron chi connectivity index (χ4n) is 5.47. The molecule has 0 spiro atoms. The van der Waals surface area contributed by atoms with Gasteiger partial charge in [-0.2, -0.15) is 5.10 Å². The third kappa shape index (κ3) is 3.22. The second-order valence-corrected chi connectivity index (χ2v) is 8.86. The van der Waals surface area contributed by atoms with Crippen LogP contribution in [0.5, 0.6) is 11.5 Å². The van der Waals surface area contributed by atoms with Crippen LogP contribution in [0.3, 0.4) is 0 Å². The Balaban J connectivity index is 1.40. The molecule has 2 aromatic heterocycles. The van der Waals surface area contributed by atoms with E-state index >= 15 is 0 Å². The zero-order valence-corrected chi connectivity index (χ0v) is 18.9. The Morgan fingerprint density at radius 2 is 2.00 bits per heavy atom. The normalized spacial score (nSPS) is 21.2. The third-order valence-corrected chi connectivity index (χ3v) is 7.07. The highest BCUT2D eigenvalue weighted by Crippen LogP contribution is 2.57. The van der Waals surface area contributed by atoms with E-state index in [9.17, 15) is 0 Å². The van der Waals surface area contributed by atoms with Gasteiger partial charge in [-0.25, -0.2) is 14.6 Å². The van der Waals surface area contributed by atoms with Crippen molar-refractivity contribution in [2.45, 2.75) is 38.1 Å². The molecule has 1 saturated carbocycles. The summed E-state index contributed by atoms with van der Waals surface area (Å²) in [5.74, 6) is 2.96. The molecule has 2 N–H and O–H groups in total. The summed E-state index contributed by atoms with van der Waals surface area (Å²) < 4.78 is 13.3. The first-order valence-corrected chi connectivity index (χ1v) is 11.6. The third-order valence-electron chi connectivity index (χ3n) is 7.07. The molecular weight excluding hydrogens is 414 g/mol. The number of hydrogen-bond donors (Lipinski definition) is 1. The van der Waals surface area contributed by atoms with Crippen LogP contribution < -0.4 is 15.2 Å². The molecule has 0 saturated heterocycles. The van der Waals surface area contributed by atoms with E-state index in [0.29, 0.717) is 41.8 Å². The van der Waals surface area contributed by atoms with Crippen LogP contribution in [0.4, 0.5) is 5.82 Å². The SMILES string of the molecule is CCOc1ccc(-c2nn(C3CC3C3CCc4ccccc43)c3ncnc(N)c23)cc1OC. The predicted octanol–water partition coefficient (Wildman–Crippen LogP) is 4.77. The number of hydrogen-bond acceptors (Lipinski definition) is 6. The van der Waals surface area contributed by atoms with E-state index in [1.165, 1.54) is 23.9 Å². The molecular formula is C26H27N5O2. The summed E-state index contributed by atoms with van der Waals surface area (Å²) in [7, 11) is 1.64. The van der Waals surface area contributed by atoms with Gasteiger partial charge in [0.25, 0.3) is 0 Å². The number of benzene rings is 2. The molecule has 2 aromatic carbocycles. The van der Waals surface area contributed by atoms with Crippen molar-refractivity contribution >= 4 is 16.9 Å². The van der Waals surface area contributed by atoms with Crippen LogP contribution in [-0.4, -0.2) is 33.5 Å². The molecule has 7 heteroatoms. The fourth-order valence-corrected chi connectivity index (χ4v) is 5.47. The molecule has 2 aliphatic carbocycles. The number of aromatic nitrogens is 4. The van der Waals surface area contributed by atoms with E-state index in [1.54, 1.807) is 7.11 Å². The molecule has 3 unspecified atom stereocenters. The van der Waals surface area contributed by atoms with Crippen LogP contribution in [0.15, 0.2) is 48.8 Å². The molecule has 4 aromatic rings. The molecule has 3 atom stereocenters. The predicted molar refractivity (Wildman–Crippen MR) is 128 cm³/mol. The van der Waals surface area contributed by atoms with Crippen LogP contribution >= 0.6 is 0 Å². The van der Waals surface area contributed by atoms with Crippen LogP contribution in [0.25, 0.3) is 22.3 Å². The molecule has 0 aliphatic heterocycles. The zero-order chi connectivity index (χ0) is 22.5. The molecule has 7 nitrogen and oxygen atoms in total. The van der Waals surface area contributed by atoms with Gasteiger partial charge in [-0.05, 0) is 67.3 Å². The van der Waals surface area contributed by atoms with Gasteiger partial charge in [0.2, 0.25) is 0 Å². The minimum atomic E-state index is 0.316. The smallest absolute Gasteiger partial charge is 0.164 e. The zero-order valence-electron chi connectivity index (χ0n) is 18.9. The average Bonchev–Trinajstić information content (AvgIpc) is 3.33. The lowest BCUT2D eigenvalue weighted by atomic mass is 9.96. The summed E-state index contributed by atoms with van der Waals surface area (Å²) >= 11 is 0. The minimum absolute atomic E-state index is 0.316. The quantitative estimate of drug-likeness (QED) is 0.464. The van der Waals surface area contributed by atoms with Crippen molar-refractivity contribution in [3.05, 3.63) is 59.9 Å². The van der Waals surface area contributed by atoms with Gasteiger partial charge in [-0.15, -0.1) is 0 Å². The largest absolute Gasteiger partial charge is 0.493 e. The lowest BCUT2D eigenvalue weighted by Crippen LogP contribution is -2.05. The maximum Gasteiger partial charge on any atom is 0.164 e. The van der Waals surface area contributed by atoms with Crippen LogP contribution in [0, 0.1) is 5.92 Å². The van der Waals surface area contributed by atoms with Crippen molar-refractivity contribution in [2.24, 2.45) is 5.92 Å². The first-order valence-electron chi connectivity index (χ1n) is 11.6. The number of nitrogen functional groups attached to an aromatic ring is 1. The average molecular weight is 442 g/mol. The van der Waals surface area contributed by atoms with Crippen molar-refractivity contribution in [2.75, 3.05) is 19.5 Å². The lowest BCUT2D eigenvalue weighted by molar-refractivity contribution is 0.311. The number of anilines is 1. The van der Waals surface area contributed by atoms with E-state index < -0.39 is 0 Å². The van der Waals surface area contributed by atoms with Crippen molar-refractivity contribution < 1.29 is 9.47 Å². The van der Waals surface area contributed by atoms with Crippen molar-refractivity contribution in [1.29, 1.82) is 0 Å². The second kappa shape index (κ2) is 7.76. The molecule has 0 radical (unpaired) electrons. The molecule has 0 amide bonds. The fraction of sp³-hybridized carbons (Fsp3) is 0.346. The van der Waals surface area contributed by atoms with E-state index in [2.05, 4.69) is 38.9 Å². The Kier molecular flexibility index (Phi) is 4.71. The Labute approximate surface area is 192 Å². The molecule has 33 heavy (non-hydrogen) atoms. The molecule has 2 heterocycles. The topological polar surface area (TPSA) is 88.1 Å². The maximum absolute atomic E-state index is 6.34. The molecule has 6 rings (SSSR count). The number of ether oxygens (including phenoxy) is 2. The Bertz CT molecular complexity index is 1350. The highest BCUT2D eigenvalue weighted by Gasteiger charge is 2.48. The summed E-state index contributed by atoms with van der Waals surface area (Å²) in [6.07, 6.45) is 5.00. The van der Waals surface area contributed by atoms with Gasteiger partial charge in [0.05, 0.1) is 25.1 Å². The maximum atomic E-state index is 6.34. The van der Waals surface area contributed by atoms with E-state index in [1.807, 2.05) is 25.1 Å². The van der Waals surface area contributed by atoms with Gasteiger partial charge in [-0.3, -0.25) is 0 Å². The van der Waals surface area contributed by atoms with E-state index in [0.717, 1.165) is 35.1 Å². The standard InChI is InChI=1S/C26H27N5O2/c1-3-33-21-11-9-16(12-22(21)32-2)24-23-25(27)28-14-29-26(23)31(30-24)20-13-19(20)18-10-8-15-6-4-5-7-17(15)18/h4-7,9,11-12,14,18-20H,3,8,10,13H2,1-2H3,(H2,27,28,29). The van der Waals surface area contributed by atoms with Crippen molar-refractivity contribution in [1.82, 2.24) is 19.7 Å². The Hall–Kier alpha value is -3.61. The van der Waals surface area contributed by atoms with Crippen molar-refractivity contribution in [3.63, 3.8) is 0 Å². The van der Waals surface area contributed by atoms with Crippen molar-refractivity contribution in [3.8, 4) is 22.8 Å². The summed E-state index contributed by atoms with van der Waals surface area (Å²) in [4.78, 5) is 8.86. The van der Waals surface area contributed by atoms with Crippen LogP contribution in [0.2, 0.25) is 0 Å². The number of aryl methyl sites for hydroxylation is 1. The van der Waals surface area contributed by atoms with Gasteiger partial charge in [0, 0.05) is 5.56 Å². The molecule has 1 fully saturated rings. The minimum Gasteiger partial charge on any atom is -0.493 e. The summed E-state index contributed by atoms with van der Waals surface area (Å²) in [5.41, 5.74) is 11.8. The molecule has 168 valence electrons. The number of methoxy groups -OCH3 is 1. The second-order valence-electron chi connectivity index (χ2n) is 8.86. The molecule has 2 aliphatic rings. The van der Waals surface area contributed by atoms with Gasteiger partial charge < -0.3 is 15.2 Å². The van der Waals surface area contributed by atoms with E-state index in [-0.39, 0.29) is 0 Å². The summed E-state index contributed by atoms with van der Waals surface area (Å²) in [5, 5.41) is 5.84. The van der Waals surface area contributed by atoms with Gasteiger partial charge in [-0.1, -0.05) is 24.3 Å². The number of nitrogens with zero attached hydrogens (tertiary/aromatic N) is 4. The number of nitrogens with two attached hydrogens (primary N) is 1. The lowest BCUT2D eigenvalue weighted by Gasteiger charge is -2.11. The van der Waals surface area contributed by atoms with Gasteiger partial charge in [0.15, 0.2) is 17.1 Å². The highest BCUT2D eigenvalue weighted by molar-refractivity contribution is 5.98. The number of fused-ring (bicyclic) bond motifs is 2. The summed E-state index contributed by atoms with van der Waals surface area (Å²) in [6, 6.07) is 15.0. The van der Waals surface area contributed by atoms with Crippen LogP contribution in [-0.2, 0) is 6.42 Å². The first kappa shape index (κ1) is 20.0. The monoisotopic (exact) mass is 441 g/mol. The molecule has 0 bridgehead atoms. The summed E-state index contributed by atoms with van der Waals surface area (Å²) in [6.45, 7) is 2.52. The number of rotatable bonds is 6. The highest BCUT2D eigenvalue weighted by atomic mass is 16.5. The van der Waals surface area contributed by atoms with Crippen LogP contribution in [0.1, 0.15) is 42.9 Å². The Morgan fingerprint density at radius 3 is 2.85 bits per heavy atom. The van der Waals surface area contributed by atoms with Gasteiger partial charge >= 0.3 is 0 Å². The van der Waals surface area contributed by atoms with E-state index in [4.69, 9.17) is 20.3 Å². The Morgan fingerprint density at radius 1 is 1.12 bits per heavy atom.